The van der Waals surface area contributed by atoms with Gasteiger partial charge in [0.2, 0.25) is 0 Å². The lowest BCUT2D eigenvalue weighted by atomic mass is 9.75. The van der Waals surface area contributed by atoms with Crippen LogP contribution in [0.2, 0.25) is 0 Å². The van der Waals surface area contributed by atoms with Gasteiger partial charge in [-0.1, -0.05) is 54.4 Å². The highest BCUT2D eigenvalue weighted by molar-refractivity contribution is 5.89. The van der Waals surface area contributed by atoms with Crippen LogP contribution in [0.3, 0.4) is 0 Å². The number of anilines is 4. The molecule has 3 atom stereocenters. The van der Waals surface area contributed by atoms with E-state index in [1.54, 1.807) is 0 Å². The summed E-state index contributed by atoms with van der Waals surface area (Å²) in [7, 11) is 0. The number of aromatic nitrogens is 6. The van der Waals surface area contributed by atoms with Gasteiger partial charge in [0, 0.05) is 124 Å². The Morgan fingerprint density at radius 3 is 1.37 bits per heavy atom. The highest BCUT2D eigenvalue weighted by atomic mass is 15.4. The molecule has 0 N–H and O–H groups in total. The zero-order valence-corrected chi connectivity index (χ0v) is 41.9. The summed E-state index contributed by atoms with van der Waals surface area (Å²) in [6.07, 6.45) is 10.1. The van der Waals surface area contributed by atoms with Crippen LogP contribution in [0.1, 0.15) is 128 Å². The monoisotopic (exact) mass is 861 g/mol. The van der Waals surface area contributed by atoms with Crippen LogP contribution >= 0.6 is 0 Å². The summed E-state index contributed by atoms with van der Waals surface area (Å²) in [5.41, 5.74) is 5.59. The van der Waals surface area contributed by atoms with Gasteiger partial charge < -0.3 is 56.8 Å². The van der Waals surface area contributed by atoms with Crippen LogP contribution in [0.4, 0.5) is 23.3 Å². The molecule has 1 saturated carbocycles. The fourth-order valence-corrected chi connectivity index (χ4v) is 12.4. The molecule has 62 heavy (non-hydrogen) atoms. The number of piperazine rings is 1. The van der Waals surface area contributed by atoms with E-state index in [-0.39, 0.29) is 0 Å². The summed E-state index contributed by atoms with van der Waals surface area (Å²) in [6.45, 7) is 48.4. The van der Waals surface area contributed by atoms with E-state index < -0.39 is 0 Å². The van der Waals surface area contributed by atoms with Gasteiger partial charge in [-0.3, -0.25) is 0 Å². The Bertz CT molecular complexity index is 1970. The van der Waals surface area contributed by atoms with Gasteiger partial charge in [-0.2, -0.15) is 0 Å². The second-order valence-electron chi connectivity index (χ2n) is 19.4. The normalized spacial score (nSPS) is 20.8. The molecular formula is C50H92N12. The van der Waals surface area contributed by atoms with Gasteiger partial charge in [0.15, 0.2) is 45.9 Å². The van der Waals surface area contributed by atoms with Gasteiger partial charge in [-0.25, -0.2) is 0 Å². The quantitative estimate of drug-likeness (QED) is 0.112. The molecule has 3 unspecified atom stereocenters. The van der Waals surface area contributed by atoms with Crippen LogP contribution in [-0.2, 0) is 39.3 Å². The molecule has 3 aliphatic heterocycles. The molecule has 12 heteroatoms. The van der Waals surface area contributed by atoms with E-state index in [9.17, 15) is 0 Å². The predicted molar refractivity (Wildman–Crippen MR) is 267 cm³/mol. The summed E-state index contributed by atoms with van der Waals surface area (Å²) >= 11 is 0. The topological polar surface area (TPSA) is 49.0 Å². The number of hydrogen-bond acceptors (Lipinski definition) is 6. The summed E-state index contributed by atoms with van der Waals surface area (Å²) in [4.78, 5) is 16.5. The summed E-state index contributed by atoms with van der Waals surface area (Å²) in [5.74, 6) is 8.07. The molecule has 3 aromatic heterocycles. The molecule has 0 radical (unpaired) electrons. The Balaban J connectivity index is 1.45. The Morgan fingerprint density at radius 1 is 0.419 bits per heavy atom. The summed E-state index contributed by atoms with van der Waals surface area (Å²) in [6, 6.07) is 0. The first-order chi connectivity index (χ1) is 30.3. The minimum Gasteiger partial charge on any atom is -0.353 e. The van der Waals surface area contributed by atoms with Gasteiger partial charge in [-0.05, 0) is 97.4 Å². The van der Waals surface area contributed by atoms with Crippen molar-refractivity contribution in [1.29, 1.82) is 0 Å². The van der Waals surface area contributed by atoms with E-state index in [2.05, 4.69) is 133 Å². The van der Waals surface area contributed by atoms with Crippen LogP contribution in [0.5, 0.6) is 0 Å². The molecule has 1 saturated heterocycles. The van der Waals surface area contributed by atoms with Crippen molar-refractivity contribution in [3.8, 4) is 0 Å². The SMILES string of the molecule is CCCN1CCN(CC)c2c1n(CCC)c1c(n2CC)n(CC)c2c(n(CCC)c3c(n2CC)N(CC)CCN3CC(C)C2CCCC(CN3CCN(CC)CC3)C2)n1CCC. The van der Waals surface area contributed by atoms with Crippen molar-refractivity contribution in [2.75, 3.05) is 111 Å². The van der Waals surface area contributed by atoms with Crippen molar-refractivity contribution < 1.29 is 0 Å². The molecule has 6 heterocycles. The van der Waals surface area contributed by atoms with E-state index in [1.165, 1.54) is 111 Å². The second-order valence-corrected chi connectivity index (χ2v) is 19.4. The molecule has 0 aromatic carbocycles. The molecule has 352 valence electrons. The third-order valence-electron chi connectivity index (χ3n) is 15.5. The Morgan fingerprint density at radius 2 is 0.871 bits per heavy atom. The van der Waals surface area contributed by atoms with Gasteiger partial charge in [0.1, 0.15) is 0 Å². The lowest BCUT2D eigenvalue weighted by Gasteiger charge is -2.46. The third-order valence-corrected chi connectivity index (χ3v) is 15.5. The predicted octanol–water partition coefficient (Wildman–Crippen LogP) is 9.56. The van der Waals surface area contributed by atoms with E-state index >= 15 is 0 Å². The molecule has 7 rings (SSSR count). The molecule has 0 bridgehead atoms. The maximum Gasteiger partial charge on any atom is 0.158 e. The van der Waals surface area contributed by atoms with Crippen molar-refractivity contribution in [2.45, 2.75) is 167 Å². The Labute approximate surface area is 377 Å². The Hall–Kier alpha value is -3.12. The van der Waals surface area contributed by atoms with E-state index in [4.69, 9.17) is 0 Å². The third kappa shape index (κ3) is 8.70. The largest absolute Gasteiger partial charge is 0.353 e. The minimum atomic E-state index is 0.657. The van der Waals surface area contributed by atoms with Crippen LogP contribution in [-0.4, -0.2) is 129 Å². The molecular weight excluding hydrogens is 769 g/mol. The highest BCUT2D eigenvalue weighted by Gasteiger charge is 2.37. The van der Waals surface area contributed by atoms with Crippen molar-refractivity contribution in [2.24, 2.45) is 17.8 Å². The molecule has 1 aliphatic carbocycles. The Kier molecular flexibility index (Phi) is 16.1. The first-order valence-corrected chi connectivity index (χ1v) is 26.3. The van der Waals surface area contributed by atoms with Crippen LogP contribution in [0, 0.1) is 17.8 Å². The summed E-state index contributed by atoms with van der Waals surface area (Å²) in [5, 5.41) is 0. The average Bonchev–Trinajstić information content (AvgIpc) is 3.29. The van der Waals surface area contributed by atoms with Crippen molar-refractivity contribution in [3.63, 3.8) is 0 Å². The van der Waals surface area contributed by atoms with Crippen LogP contribution < -0.4 is 19.6 Å². The lowest BCUT2D eigenvalue weighted by molar-refractivity contribution is 0.0986. The van der Waals surface area contributed by atoms with Crippen LogP contribution in [0.25, 0.3) is 22.6 Å². The van der Waals surface area contributed by atoms with Crippen LogP contribution in [0.15, 0.2) is 0 Å². The number of hydrogen-bond donors (Lipinski definition) is 0. The maximum atomic E-state index is 2.89. The average molecular weight is 861 g/mol. The van der Waals surface area contributed by atoms with Gasteiger partial charge in [0.25, 0.3) is 0 Å². The van der Waals surface area contributed by atoms with Crippen molar-refractivity contribution in [1.82, 2.24) is 37.2 Å². The molecule has 4 aliphatic rings. The fraction of sp³-hybridized carbons (Fsp3) is 0.840. The van der Waals surface area contributed by atoms with Crippen molar-refractivity contribution >= 4 is 45.9 Å². The standard InChI is InChI=1S/C50H92N12/c1-12-25-55-35-33-53(17-6)43-45(55)60(26-13-2)49-47(57(43)19-8)59(21-10)48-50(62(49)28-15-4)61(27-14-3)46-44(58(48)20-9)54(18-7)34-36-56(46)38-40(11)42-24-22-23-41(37-42)39-52-31-29-51(16-5)30-32-52/h40-42H,12-39H2,1-11H3. The zero-order valence-electron chi connectivity index (χ0n) is 41.9. The fourth-order valence-electron chi connectivity index (χ4n) is 12.4. The number of aryl methyl sites for hydroxylation is 6. The lowest BCUT2D eigenvalue weighted by Crippen LogP contribution is -2.48. The number of nitrogens with zero attached hydrogens (tertiary/aromatic N) is 12. The summed E-state index contributed by atoms with van der Waals surface area (Å²) < 4.78 is 16.7. The van der Waals surface area contributed by atoms with E-state index in [0.717, 1.165) is 129 Å². The van der Waals surface area contributed by atoms with Gasteiger partial charge in [-0.15, -0.1) is 0 Å². The minimum absolute atomic E-state index is 0.657. The van der Waals surface area contributed by atoms with E-state index in [1.807, 2.05) is 0 Å². The second kappa shape index (κ2) is 21.2. The number of rotatable bonds is 19. The smallest absolute Gasteiger partial charge is 0.158 e. The van der Waals surface area contributed by atoms with Gasteiger partial charge >= 0.3 is 0 Å². The van der Waals surface area contributed by atoms with Gasteiger partial charge in [0.05, 0.1) is 0 Å². The zero-order chi connectivity index (χ0) is 44.1. The van der Waals surface area contributed by atoms with Crippen molar-refractivity contribution in [3.05, 3.63) is 0 Å². The van der Waals surface area contributed by atoms with E-state index in [0.29, 0.717) is 5.92 Å². The first-order valence-electron chi connectivity index (χ1n) is 26.3. The maximum absolute atomic E-state index is 2.89. The molecule has 2 fully saturated rings. The first kappa shape index (κ1) is 46.9. The molecule has 0 spiro atoms. The number of likely N-dealkylation sites (N-methyl/N-ethyl adjacent to an activating group) is 3. The molecule has 0 amide bonds. The molecule has 12 nitrogen and oxygen atoms in total. The highest BCUT2D eigenvalue weighted by Crippen LogP contribution is 2.44. The number of fused-ring (bicyclic) bond motifs is 4. The molecule has 3 aromatic rings.